The molecule has 2 aliphatic carbocycles. The molecule has 0 saturated carbocycles. The summed E-state index contributed by atoms with van der Waals surface area (Å²) in [6.07, 6.45) is 11.0. The molecule has 0 bridgehead atoms. The van der Waals surface area contributed by atoms with Crippen LogP contribution in [0.3, 0.4) is 0 Å². The van der Waals surface area contributed by atoms with E-state index in [4.69, 9.17) is 0 Å². The van der Waals surface area contributed by atoms with Crippen molar-refractivity contribution in [2.75, 3.05) is 0 Å². The fourth-order valence-electron chi connectivity index (χ4n) is 4.80. The Hall–Kier alpha value is -1.02. The van der Waals surface area contributed by atoms with E-state index in [-0.39, 0.29) is 5.43 Å². The zero-order chi connectivity index (χ0) is 20.8. The fourth-order valence-corrected chi connectivity index (χ4v) is 23.9. The number of hydrogen-bond donors (Lipinski definition) is 0. The van der Waals surface area contributed by atoms with Gasteiger partial charge in [-0.25, -0.2) is 0 Å². The van der Waals surface area contributed by atoms with Crippen molar-refractivity contribution in [1.82, 2.24) is 0 Å². The van der Waals surface area contributed by atoms with E-state index in [2.05, 4.69) is 106 Å². The van der Waals surface area contributed by atoms with Gasteiger partial charge in [0.15, 0.2) is 0 Å². The average Bonchev–Trinajstić information content (AvgIpc) is 3.30. The van der Waals surface area contributed by atoms with Gasteiger partial charge in [-0.3, -0.25) is 0 Å². The molecule has 2 aromatic rings. The van der Waals surface area contributed by atoms with E-state index >= 15 is 0 Å². The molecule has 0 spiro atoms. The average molecular weight is 492 g/mol. The molecule has 0 nitrogen and oxygen atoms in total. The minimum absolute atomic E-state index is 0.254. The molecule has 1 atom stereocenters. The second kappa shape index (κ2) is 8.25. The Balaban J connectivity index is 1.80. The van der Waals surface area contributed by atoms with Gasteiger partial charge in [0.05, 0.1) is 0 Å². The standard InChI is InChI=1S/C19H21Si.C5H5.C2H6Si.Zr/c1-14-8-9-16-6-5-7-18(19(14)16)15-10-12-17(13-11-15)20(2,3)4;1-2-4-5-3-1;1-3-2;/h5-13H,1-4H3;1-3H,4H2;1-2H3;. The number of benzene rings is 2. The Bertz CT molecular complexity index is 1070. The predicted octanol–water partition coefficient (Wildman–Crippen LogP) is 7.07. The van der Waals surface area contributed by atoms with Gasteiger partial charge in [0.1, 0.15) is 0 Å². The summed E-state index contributed by atoms with van der Waals surface area (Å²) in [6, 6.07) is 16.6. The maximum absolute atomic E-state index is 2.65. The van der Waals surface area contributed by atoms with Crippen molar-refractivity contribution in [3.05, 3.63) is 81.2 Å². The Kier molecular flexibility index (Phi) is 6.04. The summed E-state index contributed by atoms with van der Waals surface area (Å²) in [5.41, 5.74) is 7.22. The maximum atomic E-state index is 2.65. The van der Waals surface area contributed by atoms with Crippen molar-refractivity contribution in [3.8, 4) is 11.1 Å². The zero-order valence-corrected chi connectivity index (χ0v) is 23.1. The molecular weight excluding hydrogens is 460 g/mol. The van der Waals surface area contributed by atoms with E-state index in [1.807, 2.05) is 3.28 Å². The summed E-state index contributed by atoms with van der Waals surface area (Å²) in [4.78, 5) is 0. The Morgan fingerprint density at radius 3 is 2.31 bits per heavy atom. The number of fused-ring (bicyclic) bond motifs is 1. The van der Waals surface area contributed by atoms with Gasteiger partial charge in [-0.1, -0.05) is 0 Å². The van der Waals surface area contributed by atoms with Crippen LogP contribution in [0.1, 0.15) is 28.1 Å². The zero-order valence-electron chi connectivity index (χ0n) is 18.6. The van der Waals surface area contributed by atoms with Gasteiger partial charge in [0.2, 0.25) is 0 Å². The van der Waals surface area contributed by atoms with E-state index < -0.39 is 28.4 Å². The van der Waals surface area contributed by atoms with Crippen LogP contribution in [0.4, 0.5) is 0 Å². The van der Waals surface area contributed by atoms with Crippen molar-refractivity contribution in [3.63, 3.8) is 0 Å². The first-order valence-corrected chi connectivity index (χ1v) is 23.1. The third-order valence-corrected chi connectivity index (χ3v) is 26.4. The molecule has 148 valence electrons. The molecule has 0 aromatic heterocycles. The second-order valence-electron chi connectivity index (χ2n) is 9.66. The van der Waals surface area contributed by atoms with Gasteiger partial charge in [-0.15, -0.1) is 0 Å². The van der Waals surface area contributed by atoms with Crippen molar-refractivity contribution in [2.24, 2.45) is 0 Å². The summed E-state index contributed by atoms with van der Waals surface area (Å²) in [5, 5.41) is 1.54. The molecule has 2 aromatic carbocycles. The van der Waals surface area contributed by atoms with E-state index in [1.54, 1.807) is 10.8 Å². The van der Waals surface area contributed by atoms with Gasteiger partial charge in [0.25, 0.3) is 0 Å². The van der Waals surface area contributed by atoms with Crippen LogP contribution in [0.5, 0.6) is 0 Å². The molecule has 0 N–H and O–H groups in total. The SMILES string of the molecule is CC1=C[CH]([Zr]([C]2=CC=CC2)=[Si](C)C)c2cccc(-c3ccc([Si](C)(C)C)cc3)c21. The first-order chi connectivity index (χ1) is 13.8. The second-order valence-corrected chi connectivity index (χ2v) is 32.4. The van der Waals surface area contributed by atoms with Crippen molar-refractivity contribution >= 4 is 24.3 Å². The van der Waals surface area contributed by atoms with Gasteiger partial charge in [0, 0.05) is 0 Å². The van der Waals surface area contributed by atoms with Gasteiger partial charge < -0.3 is 0 Å². The van der Waals surface area contributed by atoms with E-state index in [9.17, 15) is 0 Å². The van der Waals surface area contributed by atoms with Crippen LogP contribution in [0, 0.1) is 0 Å². The predicted molar refractivity (Wildman–Crippen MR) is 131 cm³/mol. The van der Waals surface area contributed by atoms with Crippen LogP contribution in [0.15, 0.2) is 70.0 Å². The molecule has 0 radical (unpaired) electrons. The summed E-state index contributed by atoms with van der Waals surface area (Å²) in [7, 11) is -1.26. The first-order valence-electron chi connectivity index (χ1n) is 10.7. The summed E-state index contributed by atoms with van der Waals surface area (Å²) >= 11 is -1.70. The molecule has 4 rings (SSSR count). The third-order valence-electron chi connectivity index (χ3n) is 6.27. The normalized spacial score (nSPS) is 17.8. The fraction of sp³-hybridized carbons (Fsp3) is 0.308. The number of allylic oxidation sites excluding steroid dienone is 6. The quantitative estimate of drug-likeness (QED) is 0.401. The Labute approximate surface area is 185 Å². The van der Waals surface area contributed by atoms with E-state index in [1.165, 1.54) is 28.7 Å². The molecule has 3 heteroatoms. The van der Waals surface area contributed by atoms with Crippen LogP contribution < -0.4 is 5.19 Å². The molecule has 0 saturated heterocycles. The molecule has 0 aliphatic heterocycles. The van der Waals surface area contributed by atoms with E-state index in [0.29, 0.717) is 0 Å². The summed E-state index contributed by atoms with van der Waals surface area (Å²) in [6.45, 7) is 14.8. The monoisotopic (exact) mass is 490 g/mol. The van der Waals surface area contributed by atoms with Crippen molar-refractivity contribution < 1.29 is 20.4 Å². The van der Waals surface area contributed by atoms with Crippen molar-refractivity contribution in [1.29, 1.82) is 0 Å². The molecule has 0 amide bonds. The Morgan fingerprint density at radius 2 is 1.72 bits per heavy atom. The van der Waals surface area contributed by atoms with Gasteiger partial charge in [-0.05, 0) is 0 Å². The first kappa shape index (κ1) is 21.2. The topological polar surface area (TPSA) is 0 Å². The molecule has 29 heavy (non-hydrogen) atoms. The molecule has 2 aliphatic rings. The van der Waals surface area contributed by atoms with Crippen LogP contribution in [-0.4, -0.2) is 13.5 Å². The van der Waals surface area contributed by atoms with Crippen LogP contribution in [-0.2, 0) is 20.4 Å². The van der Waals surface area contributed by atoms with Crippen LogP contribution in [0.25, 0.3) is 16.7 Å². The van der Waals surface area contributed by atoms with Crippen LogP contribution >= 0.6 is 0 Å². The van der Waals surface area contributed by atoms with Gasteiger partial charge >= 0.3 is 187 Å². The number of rotatable bonds is 4. The third kappa shape index (κ3) is 4.11. The molecule has 0 heterocycles. The molecular formula is C26H32Si2Zr. The van der Waals surface area contributed by atoms with E-state index in [0.717, 1.165) is 3.63 Å². The van der Waals surface area contributed by atoms with Crippen LogP contribution in [0.2, 0.25) is 32.7 Å². The molecule has 0 fully saturated rings. The summed E-state index contributed by atoms with van der Waals surface area (Å²) < 4.78 is 2.56. The number of hydrogen-bond acceptors (Lipinski definition) is 0. The summed E-state index contributed by atoms with van der Waals surface area (Å²) in [5.74, 6) is 0. The molecule has 1 unspecified atom stereocenters. The minimum atomic E-state index is -1.70. The Morgan fingerprint density at radius 1 is 1.00 bits per heavy atom. The van der Waals surface area contributed by atoms with Crippen molar-refractivity contribution in [2.45, 2.75) is 49.7 Å². The van der Waals surface area contributed by atoms with Gasteiger partial charge in [-0.2, -0.15) is 0 Å².